The van der Waals surface area contributed by atoms with E-state index < -0.39 is 0 Å². The van der Waals surface area contributed by atoms with Gasteiger partial charge in [0, 0.05) is 12.6 Å². The number of nitrogens with two attached hydrogens (primary N) is 1. The summed E-state index contributed by atoms with van der Waals surface area (Å²) in [4.78, 5) is 0. The van der Waals surface area contributed by atoms with Crippen molar-refractivity contribution in [1.29, 1.82) is 0 Å². The van der Waals surface area contributed by atoms with Gasteiger partial charge in [-0.1, -0.05) is 19.8 Å². The van der Waals surface area contributed by atoms with Crippen molar-refractivity contribution < 1.29 is 9.84 Å². The van der Waals surface area contributed by atoms with Gasteiger partial charge in [0.05, 0.1) is 12.2 Å². The monoisotopic (exact) mass is 241 g/mol. The number of hydrogen-bond donors (Lipinski definition) is 2. The molecule has 1 heterocycles. The topological polar surface area (TPSA) is 55.5 Å². The standard InChI is InChI=1S/C14H27NO2/c1-10-8-14(17-9-10)13(16)7-6-11-4-2-3-5-12(11)15/h10-14,16H,2-9,15H2,1H3/t10-,11+,12-,13?,14-/m0/s1. The van der Waals surface area contributed by atoms with E-state index in [-0.39, 0.29) is 12.2 Å². The van der Waals surface area contributed by atoms with Crippen LogP contribution < -0.4 is 5.73 Å². The van der Waals surface area contributed by atoms with Gasteiger partial charge in [0.15, 0.2) is 0 Å². The Labute approximate surface area is 105 Å². The molecule has 0 amide bonds. The number of rotatable bonds is 4. The fraction of sp³-hybridized carbons (Fsp3) is 1.00. The predicted octanol–water partition coefficient (Wildman–Crippen LogP) is 2.07. The highest BCUT2D eigenvalue weighted by Crippen LogP contribution is 2.29. The molecule has 1 aliphatic carbocycles. The smallest absolute Gasteiger partial charge is 0.0837 e. The lowest BCUT2D eigenvalue weighted by atomic mass is 9.81. The second-order valence-electron chi connectivity index (χ2n) is 6.07. The van der Waals surface area contributed by atoms with Crippen LogP contribution in [-0.4, -0.2) is 30.0 Å². The molecule has 0 aromatic rings. The van der Waals surface area contributed by atoms with Crippen molar-refractivity contribution in [2.45, 2.75) is 70.1 Å². The van der Waals surface area contributed by atoms with Crippen LogP contribution in [0.5, 0.6) is 0 Å². The Hall–Kier alpha value is -0.120. The molecule has 0 aromatic heterocycles. The van der Waals surface area contributed by atoms with Gasteiger partial charge in [0.1, 0.15) is 0 Å². The summed E-state index contributed by atoms with van der Waals surface area (Å²) in [6.07, 6.45) is 7.73. The van der Waals surface area contributed by atoms with Crippen molar-refractivity contribution in [2.75, 3.05) is 6.61 Å². The molecule has 1 aliphatic heterocycles. The number of aliphatic hydroxyl groups excluding tert-OH is 1. The molecular weight excluding hydrogens is 214 g/mol. The summed E-state index contributed by atoms with van der Waals surface area (Å²) < 4.78 is 5.61. The van der Waals surface area contributed by atoms with Crippen molar-refractivity contribution >= 4 is 0 Å². The highest BCUT2D eigenvalue weighted by molar-refractivity contribution is 4.82. The summed E-state index contributed by atoms with van der Waals surface area (Å²) in [7, 11) is 0. The van der Waals surface area contributed by atoms with E-state index >= 15 is 0 Å². The molecular formula is C14H27NO2. The highest BCUT2D eigenvalue weighted by atomic mass is 16.5. The van der Waals surface area contributed by atoms with E-state index in [2.05, 4.69) is 6.92 Å². The third-order valence-electron chi connectivity index (χ3n) is 4.46. The van der Waals surface area contributed by atoms with Crippen LogP contribution in [0, 0.1) is 11.8 Å². The fourth-order valence-corrected chi connectivity index (χ4v) is 3.25. The van der Waals surface area contributed by atoms with Gasteiger partial charge in [-0.25, -0.2) is 0 Å². The zero-order valence-corrected chi connectivity index (χ0v) is 11.0. The van der Waals surface area contributed by atoms with Crippen LogP contribution in [0.4, 0.5) is 0 Å². The third kappa shape index (κ3) is 3.67. The molecule has 17 heavy (non-hydrogen) atoms. The summed E-state index contributed by atoms with van der Waals surface area (Å²) in [5, 5.41) is 10.1. The van der Waals surface area contributed by atoms with Crippen LogP contribution in [0.1, 0.15) is 51.9 Å². The Kier molecular flexibility index (Phi) is 4.83. The molecule has 2 fully saturated rings. The molecule has 2 rings (SSSR count). The normalized spacial score (nSPS) is 40.4. The third-order valence-corrected chi connectivity index (χ3v) is 4.46. The quantitative estimate of drug-likeness (QED) is 0.792. The summed E-state index contributed by atoms with van der Waals surface area (Å²) in [6.45, 7) is 2.99. The molecule has 3 nitrogen and oxygen atoms in total. The molecule has 1 unspecified atom stereocenters. The van der Waals surface area contributed by atoms with E-state index in [9.17, 15) is 5.11 Å². The van der Waals surface area contributed by atoms with Crippen molar-refractivity contribution in [3.63, 3.8) is 0 Å². The second-order valence-corrected chi connectivity index (χ2v) is 6.07. The molecule has 3 heteroatoms. The van der Waals surface area contributed by atoms with Crippen LogP contribution in [-0.2, 0) is 4.74 Å². The molecule has 5 atom stereocenters. The van der Waals surface area contributed by atoms with Gasteiger partial charge in [0.25, 0.3) is 0 Å². The van der Waals surface area contributed by atoms with Gasteiger partial charge >= 0.3 is 0 Å². The average Bonchev–Trinajstić information content (AvgIpc) is 2.74. The number of hydrogen-bond acceptors (Lipinski definition) is 3. The molecule has 1 saturated heterocycles. The summed E-state index contributed by atoms with van der Waals surface area (Å²) in [6, 6.07) is 0.361. The zero-order valence-electron chi connectivity index (χ0n) is 11.0. The maximum atomic E-state index is 10.1. The fourth-order valence-electron chi connectivity index (χ4n) is 3.25. The molecule has 0 radical (unpaired) electrons. The maximum absolute atomic E-state index is 10.1. The largest absolute Gasteiger partial charge is 0.390 e. The Morgan fingerprint density at radius 3 is 2.76 bits per heavy atom. The second kappa shape index (κ2) is 6.17. The molecule has 2 aliphatic rings. The van der Waals surface area contributed by atoms with E-state index in [0.717, 1.165) is 32.3 Å². The lowest BCUT2D eigenvalue weighted by Crippen LogP contribution is -2.34. The first-order valence-corrected chi connectivity index (χ1v) is 7.22. The number of aliphatic hydroxyl groups is 1. The van der Waals surface area contributed by atoms with E-state index in [1.165, 1.54) is 19.3 Å². The number of ether oxygens (including phenoxy) is 1. The minimum atomic E-state index is -0.283. The van der Waals surface area contributed by atoms with E-state index in [1.54, 1.807) is 0 Å². The molecule has 0 bridgehead atoms. The van der Waals surface area contributed by atoms with Gasteiger partial charge < -0.3 is 15.6 Å². The van der Waals surface area contributed by atoms with Crippen LogP contribution in [0.3, 0.4) is 0 Å². The molecule has 0 aromatic carbocycles. The molecule has 1 saturated carbocycles. The Morgan fingerprint density at radius 1 is 1.35 bits per heavy atom. The SMILES string of the molecule is C[C@@H]1CO[C@H](C(O)CC[C@H]2CCCC[C@@H]2N)C1. The van der Waals surface area contributed by atoms with Crippen molar-refractivity contribution in [2.24, 2.45) is 17.6 Å². The Balaban J connectivity index is 1.70. The van der Waals surface area contributed by atoms with E-state index in [4.69, 9.17) is 10.5 Å². The predicted molar refractivity (Wildman–Crippen MR) is 68.7 cm³/mol. The van der Waals surface area contributed by atoms with E-state index in [1.807, 2.05) is 0 Å². The van der Waals surface area contributed by atoms with Crippen LogP contribution in [0.2, 0.25) is 0 Å². The minimum Gasteiger partial charge on any atom is -0.390 e. The summed E-state index contributed by atoms with van der Waals surface area (Å²) >= 11 is 0. The van der Waals surface area contributed by atoms with Crippen molar-refractivity contribution in [1.82, 2.24) is 0 Å². The summed E-state index contributed by atoms with van der Waals surface area (Å²) in [5.41, 5.74) is 6.13. The first-order valence-electron chi connectivity index (χ1n) is 7.22. The van der Waals surface area contributed by atoms with Gasteiger partial charge in [0.2, 0.25) is 0 Å². The van der Waals surface area contributed by atoms with Crippen LogP contribution in [0.25, 0.3) is 0 Å². The maximum Gasteiger partial charge on any atom is 0.0837 e. The zero-order chi connectivity index (χ0) is 12.3. The first kappa shape index (κ1) is 13.3. The van der Waals surface area contributed by atoms with Crippen LogP contribution >= 0.6 is 0 Å². The Morgan fingerprint density at radius 2 is 2.12 bits per heavy atom. The highest BCUT2D eigenvalue weighted by Gasteiger charge is 2.30. The minimum absolute atomic E-state index is 0.0739. The lowest BCUT2D eigenvalue weighted by molar-refractivity contribution is -0.00953. The van der Waals surface area contributed by atoms with E-state index in [0.29, 0.717) is 17.9 Å². The Bertz CT molecular complexity index is 234. The van der Waals surface area contributed by atoms with Gasteiger partial charge in [-0.05, 0) is 43.9 Å². The first-order chi connectivity index (χ1) is 8.16. The summed E-state index contributed by atoms with van der Waals surface area (Å²) in [5.74, 6) is 1.23. The molecule has 100 valence electrons. The lowest BCUT2D eigenvalue weighted by Gasteiger charge is -2.29. The van der Waals surface area contributed by atoms with Gasteiger partial charge in [-0.15, -0.1) is 0 Å². The molecule has 3 N–H and O–H groups in total. The van der Waals surface area contributed by atoms with Gasteiger partial charge in [-0.3, -0.25) is 0 Å². The van der Waals surface area contributed by atoms with Crippen LogP contribution in [0.15, 0.2) is 0 Å². The molecule has 0 spiro atoms. The van der Waals surface area contributed by atoms with Crippen molar-refractivity contribution in [3.8, 4) is 0 Å². The average molecular weight is 241 g/mol. The van der Waals surface area contributed by atoms with Gasteiger partial charge in [-0.2, -0.15) is 0 Å². The van der Waals surface area contributed by atoms with Crippen molar-refractivity contribution in [3.05, 3.63) is 0 Å².